The molecule has 208 valence electrons. The molecule has 2 aliphatic rings. The van der Waals surface area contributed by atoms with Crippen LogP contribution in [0.3, 0.4) is 0 Å². The Bertz CT molecular complexity index is 1620. The van der Waals surface area contributed by atoms with Crippen LogP contribution >= 0.6 is 34.5 Å². The molecule has 2 saturated carbocycles. The average Bonchev–Trinajstić information content (AvgIpc) is 3.55. The van der Waals surface area contributed by atoms with E-state index in [2.05, 4.69) is 15.0 Å². The molecule has 2 unspecified atom stereocenters. The standard InChI is InChI=1S/C29H25Cl2F2N3O3S/c1-28(2,33)26-18(24(36-39-26)23-19(30)5-4-6-20(23)31)13-38-17-9-14-7-8-15(10-17)29(14,37)27-35-25-21(32)11-16(34-3)12-22(25)40-27/h4-6,11-12,14-15,17,37H,7-10,13H2,1-2H3/t14-,15+,17?,29?. The normalized spacial score (nSPS) is 24.5. The first-order valence-electron chi connectivity index (χ1n) is 12.9. The summed E-state index contributed by atoms with van der Waals surface area (Å²) in [4.78, 5) is 7.83. The van der Waals surface area contributed by atoms with Gasteiger partial charge >= 0.3 is 0 Å². The van der Waals surface area contributed by atoms with Gasteiger partial charge in [-0.2, -0.15) is 0 Å². The SMILES string of the molecule is [C-]#[N+]c1cc(F)c2nc(C3(O)[C@@H]4CC[C@H]3CC(OCc3c(-c5c(Cl)cccc5Cl)noc3C(C)(C)F)C4)sc2c1. The third-order valence-corrected chi connectivity index (χ3v) is 9.87. The molecule has 0 aliphatic heterocycles. The highest BCUT2D eigenvalue weighted by Crippen LogP contribution is 2.57. The Kier molecular flexibility index (Phi) is 6.91. The monoisotopic (exact) mass is 603 g/mol. The number of rotatable bonds is 6. The topological polar surface area (TPSA) is 72.7 Å². The first-order valence-corrected chi connectivity index (χ1v) is 14.5. The average molecular weight is 605 g/mol. The van der Waals surface area contributed by atoms with Gasteiger partial charge < -0.3 is 14.4 Å². The summed E-state index contributed by atoms with van der Waals surface area (Å²) in [6, 6.07) is 7.85. The Balaban J connectivity index is 1.26. The first-order chi connectivity index (χ1) is 19.0. The van der Waals surface area contributed by atoms with Crippen molar-refractivity contribution in [2.45, 2.75) is 63.5 Å². The van der Waals surface area contributed by atoms with Crippen molar-refractivity contribution in [3.8, 4) is 11.3 Å². The van der Waals surface area contributed by atoms with Crippen molar-refractivity contribution in [3.63, 3.8) is 0 Å². The predicted molar refractivity (Wildman–Crippen MR) is 150 cm³/mol. The second-order valence-corrected chi connectivity index (χ2v) is 12.9. The highest BCUT2D eigenvalue weighted by molar-refractivity contribution is 7.18. The highest BCUT2D eigenvalue weighted by atomic mass is 35.5. The van der Waals surface area contributed by atoms with Crippen LogP contribution in [0.25, 0.3) is 26.3 Å². The Morgan fingerprint density at radius 3 is 2.52 bits per heavy atom. The van der Waals surface area contributed by atoms with Gasteiger partial charge in [0.1, 0.15) is 27.6 Å². The summed E-state index contributed by atoms with van der Waals surface area (Å²) in [5.41, 5.74) is -1.42. The van der Waals surface area contributed by atoms with Crippen molar-refractivity contribution >= 4 is 50.4 Å². The summed E-state index contributed by atoms with van der Waals surface area (Å²) in [5, 5.41) is 17.3. The zero-order valence-corrected chi connectivity index (χ0v) is 24.0. The van der Waals surface area contributed by atoms with E-state index in [9.17, 15) is 9.50 Å². The number of hydrogen-bond donors (Lipinski definition) is 1. The predicted octanol–water partition coefficient (Wildman–Crippen LogP) is 8.75. The lowest BCUT2D eigenvalue weighted by Gasteiger charge is -2.41. The van der Waals surface area contributed by atoms with E-state index < -0.39 is 17.1 Å². The zero-order valence-electron chi connectivity index (χ0n) is 21.7. The second-order valence-electron chi connectivity index (χ2n) is 11.0. The number of thiazole rings is 1. The van der Waals surface area contributed by atoms with Crippen LogP contribution in [0.2, 0.25) is 10.0 Å². The molecular weight excluding hydrogens is 579 g/mol. The number of nitrogens with zero attached hydrogens (tertiary/aromatic N) is 3. The molecule has 40 heavy (non-hydrogen) atoms. The summed E-state index contributed by atoms with van der Waals surface area (Å²) in [5.74, 6) is -0.799. The molecule has 2 heterocycles. The van der Waals surface area contributed by atoms with Crippen LogP contribution < -0.4 is 0 Å². The zero-order chi connectivity index (χ0) is 28.4. The van der Waals surface area contributed by atoms with E-state index in [1.165, 1.54) is 31.3 Å². The molecular formula is C29H25Cl2F2N3O3S. The minimum absolute atomic E-state index is 0.0252. The second kappa shape index (κ2) is 10.0. The largest absolute Gasteiger partial charge is 0.382 e. The number of fused-ring (bicyclic) bond motifs is 3. The Hall–Kier alpha value is -2.61. The minimum atomic E-state index is -1.82. The van der Waals surface area contributed by atoms with Crippen molar-refractivity contribution < 1.29 is 23.1 Å². The highest BCUT2D eigenvalue weighted by Gasteiger charge is 2.56. The fourth-order valence-corrected chi connectivity index (χ4v) is 8.07. The van der Waals surface area contributed by atoms with Crippen LogP contribution in [0, 0.1) is 24.2 Å². The lowest BCUT2D eigenvalue weighted by Crippen LogP contribution is -2.44. The van der Waals surface area contributed by atoms with E-state index >= 15 is 4.39 Å². The molecule has 1 N–H and O–H groups in total. The maximum Gasteiger partial charge on any atom is 0.191 e. The number of benzene rings is 2. The van der Waals surface area contributed by atoms with Crippen molar-refractivity contribution in [3.05, 3.63) is 73.9 Å². The van der Waals surface area contributed by atoms with Crippen LogP contribution in [0.15, 0.2) is 34.9 Å². The molecule has 0 amide bonds. The summed E-state index contributed by atoms with van der Waals surface area (Å²) in [6.45, 7) is 10.0. The molecule has 6 nitrogen and oxygen atoms in total. The van der Waals surface area contributed by atoms with Gasteiger partial charge in [0.25, 0.3) is 0 Å². The third kappa shape index (κ3) is 4.50. The van der Waals surface area contributed by atoms with E-state index in [1.54, 1.807) is 24.3 Å². The maximum absolute atomic E-state index is 15.1. The summed E-state index contributed by atoms with van der Waals surface area (Å²) < 4.78 is 42.1. The van der Waals surface area contributed by atoms with Gasteiger partial charge in [0.15, 0.2) is 17.1 Å². The van der Waals surface area contributed by atoms with Crippen LogP contribution in [0.5, 0.6) is 0 Å². The van der Waals surface area contributed by atoms with Gasteiger partial charge in [-0.15, -0.1) is 11.3 Å². The van der Waals surface area contributed by atoms with Gasteiger partial charge in [0.2, 0.25) is 0 Å². The van der Waals surface area contributed by atoms with Gasteiger partial charge in [0, 0.05) is 10.3 Å². The van der Waals surface area contributed by atoms with Gasteiger partial charge in [-0.1, -0.05) is 34.4 Å². The molecule has 2 aliphatic carbocycles. The molecule has 4 aromatic rings. The molecule has 0 spiro atoms. The number of aliphatic hydroxyl groups is 1. The summed E-state index contributed by atoms with van der Waals surface area (Å²) in [6.07, 6.45) is 2.46. The van der Waals surface area contributed by atoms with Crippen LogP contribution in [0.4, 0.5) is 14.5 Å². The number of aromatic nitrogens is 2. The van der Waals surface area contributed by atoms with Gasteiger partial charge in [-0.3, -0.25) is 0 Å². The van der Waals surface area contributed by atoms with E-state index in [4.69, 9.17) is 39.0 Å². The number of ether oxygens (including phenoxy) is 1. The molecule has 2 aromatic heterocycles. The lowest BCUT2D eigenvalue weighted by molar-refractivity contribution is -0.116. The van der Waals surface area contributed by atoms with Gasteiger partial charge in [-0.05, 0) is 75.6 Å². The van der Waals surface area contributed by atoms with Crippen LogP contribution in [0.1, 0.15) is 55.9 Å². The molecule has 2 fully saturated rings. The van der Waals surface area contributed by atoms with Gasteiger partial charge in [-0.25, -0.2) is 18.6 Å². The number of hydrogen-bond acceptors (Lipinski definition) is 6. The molecule has 2 aromatic carbocycles. The quantitative estimate of drug-likeness (QED) is 0.223. The van der Waals surface area contributed by atoms with Crippen molar-refractivity contribution in [1.82, 2.24) is 10.1 Å². The van der Waals surface area contributed by atoms with E-state index in [-0.39, 0.29) is 41.5 Å². The fourth-order valence-electron chi connectivity index (χ4n) is 6.23. The van der Waals surface area contributed by atoms with Crippen molar-refractivity contribution in [2.75, 3.05) is 0 Å². The molecule has 11 heteroatoms. The van der Waals surface area contributed by atoms with Crippen molar-refractivity contribution in [2.24, 2.45) is 11.8 Å². The van der Waals surface area contributed by atoms with E-state index in [1.807, 2.05) is 0 Å². The number of halogens is 4. The van der Waals surface area contributed by atoms with E-state index in [0.29, 0.717) is 49.4 Å². The minimum Gasteiger partial charge on any atom is -0.382 e. The molecule has 0 saturated heterocycles. The molecule has 2 bridgehead atoms. The number of alkyl halides is 1. The van der Waals surface area contributed by atoms with Crippen molar-refractivity contribution in [1.29, 1.82) is 0 Å². The molecule has 0 radical (unpaired) electrons. The van der Waals surface area contributed by atoms with Gasteiger partial charge in [0.05, 0.1) is 34.9 Å². The van der Waals surface area contributed by atoms with E-state index in [0.717, 1.165) is 12.8 Å². The van der Waals surface area contributed by atoms with Crippen LogP contribution in [-0.4, -0.2) is 21.4 Å². The fraction of sp³-hybridized carbons (Fsp3) is 0.414. The summed E-state index contributed by atoms with van der Waals surface area (Å²) in [7, 11) is 0. The molecule has 6 rings (SSSR count). The Labute approximate surface area is 243 Å². The van der Waals surface area contributed by atoms with Crippen LogP contribution in [-0.2, 0) is 22.6 Å². The Morgan fingerprint density at radius 2 is 1.90 bits per heavy atom. The lowest BCUT2D eigenvalue weighted by atomic mass is 9.73. The maximum atomic E-state index is 15.1. The Morgan fingerprint density at radius 1 is 1.23 bits per heavy atom. The summed E-state index contributed by atoms with van der Waals surface area (Å²) >= 11 is 14.1. The smallest absolute Gasteiger partial charge is 0.191 e. The molecule has 4 atom stereocenters. The first kappa shape index (κ1) is 27.6. The third-order valence-electron chi connectivity index (χ3n) is 8.10.